The van der Waals surface area contributed by atoms with Crippen molar-refractivity contribution in [1.82, 2.24) is 0 Å². The maximum Gasteiger partial charge on any atom is 0.0726 e. The van der Waals surface area contributed by atoms with Crippen LogP contribution in [-0.4, -0.2) is 0 Å². The van der Waals surface area contributed by atoms with Crippen molar-refractivity contribution >= 4 is 17.1 Å². The first-order valence-electron chi connectivity index (χ1n) is 24.9. The number of rotatable bonds is 7. The van der Waals surface area contributed by atoms with Crippen LogP contribution in [0.5, 0.6) is 0 Å². The van der Waals surface area contributed by atoms with Gasteiger partial charge in [0.25, 0.3) is 0 Å². The molecule has 0 N–H and O–H groups in total. The number of benzene rings is 11. The van der Waals surface area contributed by atoms with Crippen molar-refractivity contribution in [3.05, 3.63) is 294 Å². The Morgan fingerprint density at radius 3 is 1.10 bits per heavy atom. The summed E-state index contributed by atoms with van der Waals surface area (Å²) in [6.45, 7) is 4.87. The van der Waals surface area contributed by atoms with Crippen LogP contribution in [-0.2, 0) is 10.8 Å². The van der Waals surface area contributed by atoms with Gasteiger partial charge in [0.2, 0.25) is 0 Å². The van der Waals surface area contributed by atoms with Crippen molar-refractivity contribution in [3.8, 4) is 77.9 Å². The smallest absolute Gasteiger partial charge is 0.0726 e. The Morgan fingerprint density at radius 1 is 0.254 bits per heavy atom. The molecule has 0 saturated carbocycles. The maximum absolute atomic E-state index is 2.63. The van der Waals surface area contributed by atoms with Crippen LogP contribution in [0.3, 0.4) is 0 Å². The minimum absolute atomic E-state index is 0.281. The minimum Gasteiger partial charge on any atom is -0.309 e. The van der Waals surface area contributed by atoms with Gasteiger partial charge in [0, 0.05) is 27.9 Å². The predicted molar refractivity (Wildman–Crippen MR) is 297 cm³/mol. The number of nitrogens with zero attached hydrogens (tertiary/aromatic N) is 1. The Kier molecular flexibility index (Phi) is 9.22. The third kappa shape index (κ3) is 6.13. The summed E-state index contributed by atoms with van der Waals surface area (Å²) in [5.41, 5.74) is 28.0. The lowest BCUT2D eigenvalue weighted by atomic mass is 9.69. The summed E-state index contributed by atoms with van der Waals surface area (Å²) in [6.07, 6.45) is 0. The third-order valence-electron chi connectivity index (χ3n) is 15.9. The number of hydrogen-bond acceptors (Lipinski definition) is 1. The third-order valence-corrected chi connectivity index (χ3v) is 15.9. The Bertz CT molecular complexity index is 3800. The highest BCUT2D eigenvalue weighted by Gasteiger charge is 2.54. The average molecular weight is 904 g/mol. The molecule has 14 rings (SSSR count). The zero-order valence-corrected chi connectivity index (χ0v) is 39.8. The second-order valence-electron chi connectivity index (χ2n) is 19.9. The van der Waals surface area contributed by atoms with Crippen molar-refractivity contribution in [3.63, 3.8) is 0 Å². The van der Waals surface area contributed by atoms with E-state index in [1.807, 2.05) is 0 Å². The van der Waals surface area contributed by atoms with Crippen LogP contribution >= 0.6 is 0 Å². The molecule has 0 radical (unpaired) electrons. The molecular weight excluding hydrogens is 855 g/mol. The minimum atomic E-state index is -0.574. The number of fused-ring (bicyclic) bond motifs is 13. The van der Waals surface area contributed by atoms with Gasteiger partial charge in [-0.2, -0.15) is 0 Å². The zero-order valence-electron chi connectivity index (χ0n) is 39.8. The van der Waals surface area contributed by atoms with E-state index in [9.17, 15) is 0 Å². The highest BCUT2D eigenvalue weighted by atomic mass is 15.1. The monoisotopic (exact) mass is 903 g/mol. The summed E-state index contributed by atoms with van der Waals surface area (Å²) in [7, 11) is 0. The van der Waals surface area contributed by atoms with E-state index in [-0.39, 0.29) is 5.41 Å². The lowest BCUT2D eigenvalue weighted by Gasteiger charge is -2.35. The number of anilines is 3. The van der Waals surface area contributed by atoms with Crippen LogP contribution in [0.4, 0.5) is 17.1 Å². The fourth-order valence-corrected chi connectivity index (χ4v) is 12.6. The van der Waals surface area contributed by atoms with Crippen LogP contribution in [0.2, 0.25) is 0 Å². The van der Waals surface area contributed by atoms with Gasteiger partial charge in [-0.25, -0.2) is 0 Å². The van der Waals surface area contributed by atoms with E-state index >= 15 is 0 Å². The van der Waals surface area contributed by atoms with E-state index in [0.717, 1.165) is 11.4 Å². The molecule has 0 aliphatic heterocycles. The first kappa shape index (κ1) is 41.2. The van der Waals surface area contributed by atoms with Gasteiger partial charge in [0.15, 0.2) is 0 Å². The molecular formula is C70H49N. The molecule has 1 spiro atoms. The van der Waals surface area contributed by atoms with Crippen molar-refractivity contribution in [2.75, 3.05) is 4.90 Å². The Balaban J connectivity index is 1.07. The fourth-order valence-electron chi connectivity index (χ4n) is 12.6. The first-order chi connectivity index (χ1) is 35.0. The van der Waals surface area contributed by atoms with E-state index in [1.54, 1.807) is 0 Å². The molecule has 0 unspecified atom stereocenters. The summed E-state index contributed by atoms with van der Waals surface area (Å²) < 4.78 is 0. The van der Waals surface area contributed by atoms with Gasteiger partial charge < -0.3 is 4.90 Å². The van der Waals surface area contributed by atoms with Crippen LogP contribution in [0, 0.1) is 0 Å². The molecule has 0 atom stereocenters. The molecule has 334 valence electrons. The normalized spacial score (nSPS) is 13.7. The number of hydrogen-bond donors (Lipinski definition) is 0. The van der Waals surface area contributed by atoms with E-state index in [0.29, 0.717) is 0 Å². The van der Waals surface area contributed by atoms with Crippen molar-refractivity contribution in [2.45, 2.75) is 24.7 Å². The topological polar surface area (TPSA) is 3.24 Å². The predicted octanol–water partition coefficient (Wildman–Crippen LogP) is 18.5. The fraction of sp³-hybridized carbons (Fsp3) is 0.0571. The largest absolute Gasteiger partial charge is 0.309 e. The molecule has 0 aromatic heterocycles. The van der Waals surface area contributed by atoms with Gasteiger partial charge in [-0.1, -0.05) is 244 Å². The van der Waals surface area contributed by atoms with Crippen molar-refractivity contribution in [1.29, 1.82) is 0 Å². The lowest BCUT2D eigenvalue weighted by Crippen LogP contribution is -2.27. The molecule has 0 saturated heterocycles. The Morgan fingerprint density at radius 2 is 0.606 bits per heavy atom. The summed E-state index contributed by atoms with van der Waals surface area (Å²) in [4.78, 5) is 2.59. The average Bonchev–Trinajstić information content (AvgIpc) is 4.00. The second kappa shape index (κ2) is 15.9. The molecule has 0 bridgehead atoms. The maximum atomic E-state index is 2.63. The van der Waals surface area contributed by atoms with Gasteiger partial charge in [-0.15, -0.1) is 0 Å². The van der Waals surface area contributed by atoms with E-state index in [2.05, 4.69) is 280 Å². The summed E-state index contributed by atoms with van der Waals surface area (Å²) in [5, 5.41) is 0. The van der Waals surface area contributed by atoms with Crippen LogP contribution in [0.15, 0.2) is 261 Å². The molecule has 11 aromatic carbocycles. The standard InChI is InChI=1S/C70H49N/c1-69(2)60-27-15-14-26-58(60)66-64(69)45-65-67(59-43-38-53(48-22-10-5-11-23-48)44-63(59)70(65)61-28-16-12-24-56(61)57-25-13-17-29-62(57)70)68(66)71(54-39-34-51(35-40-54)47-20-8-4-9-21-47)55-41-36-52(37-42-55)50-32-30-49(31-33-50)46-18-6-3-7-19-46/h3-45H,1-2H3. The molecule has 71 heavy (non-hydrogen) atoms. The molecule has 3 aliphatic carbocycles. The Hall–Kier alpha value is -8.78. The molecule has 0 heterocycles. The quantitative estimate of drug-likeness (QED) is 0.154. The van der Waals surface area contributed by atoms with Gasteiger partial charge in [-0.3, -0.25) is 0 Å². The summed E-state index contributed by atoms with van der Waals surface area (Å²) >= 11 is 0. The van der Waals surface area contributed by atoms with Crippen LogP contribution in [0.1, 0.15) is 47.2 Å². The van der Waals surface area contributed by atoms with E-state index in [1.165, 1.54) is 117 Å². The van der Waals surface area contributed by atoms with Gasteiger partial charge in [-0.05, 0) is 130 Å². The summed E-state index contributed by atoms with van der Waals surface area (Å²) in [6, 6.07) is 97.3. The highest BCUT2D eigenvalue weighted by molar-refractivity contribution is 6.09. The van der Waals surface area contributed by atoms with Crippen molar-refractivity contribution < 1.29 is 0 Å². The SMILES string of the molecule is CC1(C)c2ccccc2-c2c1cc1c(c2N(c2ccc(-c3ccccc3)cc2)c2ccc(-c3ccc(-c4ccccc4)cc3)cc2)-c2ccc(-c3ccccc3)cc2C12c1ccccc1-c1ccccc12. The highest BCUT2D eigenvalue weighted by Crippen LogP contribution is 2.68. The summed E-state index contributed by atoms with van der Waals surface area (Å²) in [5.74, 6) is 0. The van der Waals surface area contributed by atoms with Crippen molar-refractivity contribution in [2.24, 2.45) is 0 Å². The van der Waals surface area contributed by atoms with Gasteiger partial charge in [0.05, 0.1) is 11.1 Å². The van der Waals surface area contributed by atoms with E-state index in [4.69, 9.17) is 0 Å². The first-order valence-corrected chi connectivity index (χ1v) is 24.9. The molecule has 1 heteroatoms. The molecule has 1 nitrogen and oxygen atoms in total. The second-order valence-corrected chi connectivity index (χ2v) is 19.9. The molecule has 3 aliphatic rings. The lowest BCUT2D eigenvalue weighted by molar-refractivity contribution is 0.657. The van der Waals surface area contributed by atoms with E-state index < -0.39 is 5.41 Å². The molecule has 0 fully saturated rings. The van der Waals surface area contributed by atoms with Gasteiger partial charge in [0.1, 0.15) is 0 Å². The van der Waals surface area contributed by atoms with Crippen LogP contribution < -0.4 is 4.90 Å². The van der Waals surface area contributed by atoms with Crippen LogP contribution in [0.25, 0.3) is 77.9 Å². The Labute approximate surface area is 416 Å². The molecule has 11 aromatic rings. The van der Waals surface area contributed by atoms with Gasteiger partial charge >= 0.3 is 0 Å². The molecule has 0 amide bonds. The zero-order chi connectivity index (χ0) is 47.3.